The zero-order chi connectivity index (χ0) is 12.7. The standard InChI is InChI=1S/C14H22BrNS/c1-4-14(5-2,17-3)11-16-10-12-7-6-8-13(15)9-12/h6-9,16H,4-5,10-11H2,1-3H3. The molecule has 0 amide bonds. The van der Waals surface area contributed by atoms with E-state index in [1.807, 2.05) is 11.8 Å². The molecule has 96 valence electrons. The zero-order valence-electron chi connectivity index (χ0n) is 10.9. The van der Waals surface area contributed by atoms with Gasteiger partial charge in [-0.2, -0.15) is 11.8 Å². The van der Waals surface area contributed by atoms with Crippen LogP contribution in [0.25, 0.3) is 0 Å². The van der Waals surface area contributed by atoms with E-state index < -0.39 is 0 Å². The highest BCUT2D eigenvalue weighted by Gasteiger charge is 2.23. The lowest BCUT2D eigenvalue weighted by atomic mass is 10.0. The van der Waals surface area contributed by atoms with Crippen molar-refractivity contribution < 1.29 is 0 Å². The van der Waals surface area contributed by atoms with E-state index in [1.165, 1.54) is 18.4 Å². The number of rotatable bonds is 7. The van der Waals surface area contributed by atoms with Crippen LogP contribution >= 0.6 is 27.7 Å². The summed E-state index contributed by atoms with van der Waals surface area (Å²) in [6.45, 7) is 6.58. The molecule has 0 aliphatic carbocycles. The Kier molecular flexibility index (Phi) is 6.60. The maximum absolute atomic E-state index is 3.58. The molecule has 0 heterocycles. The van der Waals surface area contributed by atoms with E-state index >= 15 is 0 Å². The predicted molar refractivity (Wildman–Crippen MR) is 82.7 cm³/mol. The molecule has 1 aromatic carbocycles. The minimum Gasteiger partial charge on any atom is -0.311 e. The Labute approximate surface area is 118 Å². The summed E-state index contributed by atoms with van der Waals surface area (Å²) in [5.74, 6) is 0. The lowest BCUT2D eigenvalue weighted by Crippen LogP contribution is -2.36. The fraction of sp³-hybridized carbons (Fsp3) is 0.571. The lowest BCUT2D eigenvalue weighted by molar-refractivity contribution is 0.495. The largest absolute Gasteiger partial charge is 0.311 e. The molecular weight excluding hydrogens is 294 g/mol. The number of thioether (sulfide) groups is 1. The summed E-state index contributed by atoms with van der Waals surface area (Å²) in [5, 5.41) is 3.58. The van der Waals surface area contributed by atoms with Crippen molar-refractivity contribution in [2.24, 2.45) is 0 Å². The fourth-order valence-electron chi connectivity index (χ4n) is 1.94. The number of nitrogens with one attached hydrogen (secondary N) is 1. The second-order valence-corrected chi connectivity index (χ2v) is 6.52. The average Bonchev–Trinajstić information content (AvgIpc) is 2.35. The molecule has 1 rings (SSSR count). The van der Waals surface area contributed by atoms with Gasteiger partial charge in [-0.15, -0.1) is 0 Å². The highest BCUT2D eigenvalue weighted by atomic mass is 79.9. The van der Waals surface area contributed by atoms with Gasteiger partial charge in [0.2, 0.25) is 0 Å². The van der Waals surface area contributed by atoms with Gasteiger partial charge in [-0.3, -0.25) is 0 Å². The molecule has 0 aliphatic rings. The van der Waals surface area contributed by atoms with Gasteiger partial charge in [0, 0.05) is 22.3 Å². The van der Waals surface area contributed by atoms with Crippen molar-refractivity contribution in [3.8, 4) is 0 Å². The Hall–Kier alpha value is 0.01000. The van der Waals surface area contributed by atoms with Crippen LogP contribution < -0.4 is 5.32 Å². The molecule has 1 N–H and O–H groups in total. The molecule has 0 aliphatic heterocycles. The molecule has 17 heavy (non-hydrogen) atoms. The monoisotopic (exact) mass is 315 g/mol. The number of hydrogen-bond donors (Lipinski definition) is 1. The molecule has 0 spiro atoms. The summed E-state index contributed by atoms with van der Waals surface area (Å²) in [6.07, 6.45) is 4.65. The summed E-state index contributed by atoms with van der Waals surface area (Å²) >= 11 is 5.49. The fourth-order valence-corrected chi connectivity index (χ4v) is 3.21. The van der Waals surface area contributed by atoms with Crippen molar-refractivity contribution in [3.63, 3.8) is 0 Å². The van der Waals surface area contributed by atoms with Gasteiger partial charge in [0.15, 0.2) is 0 Å². The molecule has 0 unspecified atom stereocenters. The van der Waals surface area contributed by atoms with E-state index in [0.29, 0.717) is 4.75 Å². The van der Waals surface area contributed by atoms with Crippen LogP contribution in [0.1, 0.15) is 32.3 Å². The maximum Gasteiger partial charge on any atom is 0.0276 e. The zero-order valence-corrected chi connectivity index (χ0v) is 13.3. The molecule has 0 atom stereocenters. The molecular formula is C14H22BrNS. The predicted octanol–water partition coefficient (Wildman–Crippen LogP) is 4.46. The molecule has 1 nitrogen and oxygen atoms in total. The highest BCUT2D eigenvalue weighted by molar-refractivity contribution is 9.10. The first kappa shape index (κ1) is 15.1. The van der Waals surface area contributed by atoms with Crippen molar-refractivity contribution in [1.29, 1.82) is 0 Å². The van der Waals surface area contributed by atoms with Crippen LogP contribution in [0.2, 0.25) is 0 Å². The van der Waals surface area contributed by atoms with Gasteiger partial charge >= 0.3 is 0 Å². The summed E-state index contributed by atoms with van der Waals surface area (Å²) < 4.78 is 1.55. The van der Waals surface area contributed by atoms with Crippen molar-refractivity contribution in [1.82, 2.24) is 5.32 Å². The smallest absolute Gasteiger partial charge is 0.0276 e. The molecule has 3 heteroatoms. The van der Waals surface area contributed by atoms with Crippen molar-refractivity contribution >= 4 is 27.7 Å². The van der Waals surface area contributed by atoms with E-state index in [1.54, 1.807) is 0 Å². The van der Waals surface area contributed by atoms with Crippen molar-refractivity contribution in [3.05, 3.63) is 34.3 Å². The van der Waals surface area contributed by atoms with E-state index in [-0.39, 0.29) is 0 Å². The number of hydrogen-bond acceptors (Lipinski definition) is 2. The molecule has 1 aromatic rings. The SMILES string of the molecule is CCC(CC)(CNCc1cccc(Br)c1)SC. The molecule has 0 aromatic heterocycles. The molecule has 0 radical (unpaired) electrons. The number of halogens is 1. The van der Waals surface area contributed by atoms with Gasteiger partial charge in [-0.05, 0) is 36.8 Å². The van der Waals surface area contributed by atoms with E-state index in [0.717, 1.165) is 17.6 Å². The van der Waals surface area contributed by atoms with Crippen LogP contribution in [0.4, 0.5) is 0 Å². The van der Waals surface area contributed by atoms with Crippen LogP contribution in [-0.4, -0.2) is 17.5 Å². The molecule has 0 saturated carbocycles. The second-order valence-electron chi connectivity index (χ2n) is 4.33. The Morgan fingerprint density at radius 2 is 2.00 bits per heavy atom. The highest BCUT2D eigenvalue weighted by Crippen LogP contribution is 2.29. The topological polar surface area (TPSA) is 12.0 Å². The molecule has 0 fully saturated rings. The first-order valence-electron chi connectivity index (χ1n) is 6.16. The van der Waals surface area contributed by atoms with Gasteiger partial charge in [0.1, 0.15) is 0 Å². The van der Waals surface area contributed by atoms with Crippen molar-refractivity contribution in [2.75, 3.05) is 12.8 Å². The quantitative estimate of drug-likeness (QED) is 0.797. The normalized spacial score (nSPS) is 11.8. The van der Waals surface area contributed by atoms with Crippen LogP contribution in [0.15, 0.2) is 28.7 Å². The van der Waals surface area contributed by atoms with E-state index in [9.17, 15) is 0 Å². The lowest BCUT2D eigenvalue weighted by Gasteiger charge is -2.30. The summed E-state index contributed by atoms with van der Waals surface area (Å²) in [5.41, 5.74) is 1.33. The summed E-state index contributed by atoms with van der Waals surface area (Å²) in [6, 6.07) is 8.48. The molecule has 0 bridgehead atoms. The summed E-state index contributed by atoms with van der Waals surface area (Å²) in [7, 11) is 0. The Morgan fingerprint density at radius 1 is 1.29 bits per heavy atom. The van der Waals surface area contributed by atoms with Gasteiger partial charge in [-0.1, -0.05) is 41.9 Å². The minimum atomic E-state index is 0.395. The van der Waals surface area contributed by atoms with Gasteiger partial charge in [0.25, 0.3) is 0 Å². The maximum atomic E-state index is 3.58. The summed E-state index contributed by atoms with van der Waals surface area (Å²) in [4.78, 5) is 0. The third kappa shape index (κ3) is 4.65. The Morgan fingerprint density at radius 3 is 2.53 bits per heavy atom. The Balaban J connectivity index is 2.46. The van der Waals surface area contributed by atoms with Crippen LogP contribution in [0, 0.1) is 0 Å². The van der Waals surface area contributed by atoms with E-state index in [4.69, 9.17) is 0 Å². The van der Waals surface area contributed by atoms with Crippen LogP contribution in [0.3, 0.4) is 0 Å². The first-order chi connectivity index (χ1) is 8.15. The minimum absolute atomic E-state index is 0.395. The van der Waals surface area contributed by atoms with E-state index in [2.05, 4.69) is 65.6 Å². The third-order valence-electron chi connectivity index (χ3n) is 3.39. The first-order valence-corrected chi connectivity index (χ1v) is 8.18. The van der Waals surface area contributed by atoms with Gasteiger partial charge < -0.3 is 5.32 Å². The molecule has 0 saturated heterocycles. The van der Waals surface area contributed by atoms with Gasteiger partial charge in [0.05, 0.1) is 0 Å². The van der Waals surface area contributed by atoms with Crippen LogP contribution in [-0.2, 0) is 6.54 Å². The third-order valence-corrected chi connectivity index (χ3v) is 5.47. The Bertz CT molecular complexity index is 328. The number of benzene rings is 1. The van der Waals surface area contributed by atoms with Crippen molar-refractivity contribution in [2.45, 2.75) is 38.0 Å². The average molecular weight is 316 g/mol. The van der Waals surface area contributed by atoms with Crippen LogP contribution in [0.5, 0.6) is 0 Å². The second kappa shape index (κ2) is 7.45. The van der Waals surface area contributed by atoms with Gasteiger partial charge in [-0.25, -0.2) is 0 Å².